The zero-order valence-corrected chi connectivity index (χ0v) is 21.7. The number of nitrogens with zero attached hydrogens (tertiary/aromatic N) is 2. The normalized spacial score (nSPS) is 16.8. The number of aromatic hydroxyl groups is 1. The fourth-order valence-corrected chi connectivity index (χ4v) is 4.95. The molecule has 186 valence electrons. The van der Waals surface area contributed by atoms with Gasteiger partial charge in [-0.15, -0.1) is 8.80 Å². The van der Waals surface area contributed by atoms with E-state index in [4.69, 9.17) is 9.47 Å². The first-order chi connectivity index (χ1) is 16.4. The third-order valence-electron chi connectivity index (χ3n) is 5.35. The standard InChI is InChI=1S/C22H24BrN5O6S/c1-22(2,3)18(11-5-8-14-15(9-11)34-10-33-14)26-20-19(27-35(31,32)28-20)25-13-7-6-12(23)16(17(13)29)21(30)24-4/h5-9,18,29H,10H2,1-4H3,(H,24,30)(H,25,27)(H,26,28)/t18-/m0/s1. The van der Waals surface area contributed by atoms with Gasteiger partial charge in [-0.05, 0) is 51.2 Å². The monoisotopic (exact) mass is 565 g/mol. The number of rotatable bonds is 4. The van der Waals surface area contributed by atoms with E-state index in [1.165, 1.54) is 13.1 Å². The van der Waals surface area contributed by atoms with Crippen molar-refractivity contribution in [1.29, 1.82) is 0 Å². The van der Waals surface area contributed by atoms with Crippen molar-refractivity contribution in [3.8, 4) is 17.2 Å². The molecule has 0 aromatic heterocycles. The quantitative estimate of drug-likeness (QED) is 0.413. The number of phenols is 1. The second-order valence-corrected chi connectivity index (χ2v) is 11.0. The Kier molecular flexibility index (Phi) is 6.40. The molecular formula is C22H24BrN5O6S. The number of fused-ring (bicyclic) bond motifs is 1. The summed E-state index contributed by atoms with van der Waals surface area (Å²) < 4.78 is 43.3. The van der Waals surface area contributed by atoms with E-state index in [0.717, 1.165) is 5.56 Å². The highest BCUT2D eigenvalue weighted by molar-refractivity contribution is 9.10. The number of carbonyl (C=O) groups excluding carboxylic acids is 1. The number of ether oxygens (including phenoxy) is 2. The molecule has 1 amide bonds. The van der Waals surface area contributed by atoms with Gasteiger partial charge in [0.15, 0.2) is 28.9 Å². The van der Waals surface area contributed by atoms with Gasteiger partial charge in [0.05, 0.1) is 17.3 Å². The molecule has 0 aliphatic carbocycles. The Morgan fingerprint density at radius 2 is 1.80 bits per heavy atom. The second kappa shape index (κ2) is 9.04. The zero-order chi connectivity index (χ0) is 25.5. The minimum Gasteiger partial charge on any atom is -0.505 e. The lowest BCUT2D eigenvalue weighted by Gasteiger charge is -2.32. The van der Waals surface area contributed by atoms with Crippen LogP contribution in [0.15, 0.2) is 43.6 Å². The molecule has 13 heteroatoms. The van der Waals surface area contributed by atoms with Crippen molar-refractivity contribution in [2.24, 2.45) is 14.2 Å². The van der Waals surface area contributed by atoms with E-state index in [-0.39, 0.29) is 40.9 Å². The van der Waals surface area contributed by atoms with Crippen LogP contribution in [0.4, 0.5) is 5.69 Å². The molecule has 2 aromatic carbocycles. The van der Waals surface area contributed by atoms with E-state index in [2.05, 4.69) is 40.7 Å². The summed E-state index contributed by atoms with van der Waals surface area (Å²) in [7, 11) is -2.73. The second-order valence-electron chi connectivity index (χ2n) is 8.91. The van der Waals surface area contributed by atoms with Crippen LogP contribution in [0.2, 0.25) is 0 Å². The van der Waals surface area contributed by atoms with Gasteiger partial charge in [-0.2, -0.15) is 8.42 Å². The molecule has 4 rings (SSSR count). The summed E-state index contributed by atoms with van der Waals surface area (Å²) in [4.78, 5) is 12.2. The van der Waals surface area contributed by atoms with Crippen LogP contribution in [0.1, 0.15) is 42.7 Å². The van der Waals surface area contributed by atoms with Gasteiger partial charge in [-0.1, -0.05) is 26.8 Å². The average molecular weight is 566 g/mol. The number of amides is 1. The van der Waals surface area contributed by atoms with Gasteiger partial charge in [-0.3, -0.25) is 4.79 Å². The number of halogens is 1. The first kappa shape index (κ1) is 24.8. The molecule has 0 unspecified atom stereocenters. The Labute approximate surface area is 211 Å². The summed E-state index contributed by atoms with van der Waals surface area (Å²) in [5.74, 6) is 0.151. The van der Waals surface area contributed by atoms with Gasteiger partial charge in [0.2, 0.25) is 6.79 Å². The van der Waals surface area contributed by atoms with Gasteiger partial charge in [0, 0.05) is 11.5 Å². The summed E-state index contributed by atoms with van der Waals surface area (Å²) in [6.45, 7) is 6.09. The highest BCUT2D eigenvalue weighted by Crippen LogP contribution is 2.39. The van der Waals surface area contributed by atoms with Crippen LogP contribution in [0.5, 0.6) is 17.2 Å². The lowest BCUT2D eigenvalue weighted by atomic mass is 9.82. The predicted octanol–water partition coefficient (Wildman–Crippen LogP) is 3.09. The molecule has 1 atom stereocenters. The number of carbonyl (C=O) groups is 1. The Morgan fingerprint density at radius 1 is 1.11 bits per heavy atom. The van der Waals surface area contributed by atoms with Crippen LogP contribution >= 0.6 is 15.9 Å². The molecule has 4 N–H and O–H groups in total. The van der Waals surface area contributed by atoms with Gasteiger partial charge < -0.3 is 30.5 Å². The third-order valence-corrected chi connectivity index (χ3v) is 6.84. The average Bonchev–Trinajstić information content (AvgIpc) is 3.35. The Bertz CT molecular complexity index is 1370. The van der Waals surface area contributed by atoms with E-state index < -0.39 is 22.2 Å². The summed E-state index contributed by atoms with van der Waals surface area (Å²) in [5, 5.41) is 19.1. The van der Waals surface area contributed by atoms with E-state index in [0.29, 0.717) is 16.0 Å². The summed E-state index contributed by atoms with van der Waals surface area (Å²) >= 11 is 3.24. The van der Waals surface area contributed by atoms with Crippen molar-refractivity contribution in [1.82, 2.24) is 10.6 Å². The molecule has 2 aliphatic rings. The molecule has 0 fully saturated rings. The number of hydrogen-bond acceptors (Lipinski definition) is 8. The van der Waals surface area contributed by atoms with Gasteiger partial charge in [0.1, 0.15) is 0 Å². The van der Waals surface area contributed by atoms with Gasteiger partial charge in [0.25, 0.3) is 5.91 Å². The van der Waals surface area contributed by atoms with Gasteiger partial charge in [-0.25, -0.2) is 0 Å². The molecular weight excluding hydrogens is 542 g/mol. The molecule has 0 saturated carbocycles. The maximum atomic E-state index is 12.3. The minimum absolute atomic E-state index is 0.0154. The van der Waals surface area contributed by atoms with Crippen LogP contribution in [-0.2, 0) is 10.2 Å². The largest absolute Gasteiger partial charge is 0.505 e. The Balaban J connectivity index is 1.68. The lowest BCUT2D eigenvalue weighted by Crippen LogP contribution is -2.41. The zero-order valence-electron chi connectivity index (χ0n) is 19.3. The smallest absolute Gasteiger partial charge is 0.367 e. The summed E-state index contributed by atoms with van der Waals surface area (Å²) in [5.41, 5.74) is 0.493. The molecule has 0 bridgehead atoms. The summed E-state index contributed by atoms with van der Waals surface area (Å²) in [6.07, 6.45) is 0. The third kappa shape index (κ3) is 5.05. The molecule has 0 radical (unpaired) electrons. The Hall–Kier alpha value is -3.32. The van der Waals surface area contributed by atoms with E-state index >= 15 is 0 Å². The van der Waals surface area contributed by atoms with Crippen LogP contribution in [-0.4, -0.2) is 44.9 Å². The number of nitrogens with one attached hydrogen (secondary N) is 3. The maximum absolute atomic E-state index is 12.3. The van der Waals surface area contributed by atoms with E-state index in [9.17, 15) is 18.3 Å². The number of anilines is 1. The lowest BCUT2D eigenvalue weighted by molar-refractivity contribution is 0.0959. The molecule has 2 heterocycles. The van der Waals surface area contributed by atoms with E-state index in [1.807, 2.05) is 32.9 Å². The molecule has 2 aliphatic heterocycles. The van der Waals surface area contributed by atoms with Crippen LogP contribution in [0, 0.1) is 5.41 Å². The number of hydrogen-bond donors (Lipinski definition) is 4. The molecule has 11 nitrogen and oxygen atoms in total. The fraction of sp³-hybridized carbons (Fsp3) is 0.318. The Morgan fingerprint density at radius 3 is 2.49 bits per heavy atom. The van der Waals surface area contributed by atoms with Crippen molar-refractivity contribution < 1.29 is 27.8 Å². The van der Waals surface area contributed by atoms with Gasteiger partial charge >= 0.3 is 10.2 Å². The highest BCUT2D eigenvalue weighted by Gasteiger charge is 2.34. The van der Waals surface area contributed by atoms with Crippen molar-refractivity contribution in [2.75, 3.05) is 19.2 Å². The van der Waals surface area contributed by atoms with Crippen molar-refractivity contribution >= 4 is 49.4 Å². The topological polar surface area (TPSA) is 151 Å². The highest BCUT2D eigenvalue weighted by atomic mass is 79.9. The van der Waals surface area contributed by atoms with Crippen molar-refractivity contribution in [3.63, 3.8) is 0 Å². The first-order valence-electron chi connectivity index (χ1n) is 10.5. The molecule has 35 heavy (non-hydrogen) atoms. The van der Waals surface area contributed by atoms with Crippen LogP contribution in [0.3, 0.4) is 0 Å². The number of benzene rings is 2. The number of amidine groups is 2. The predicted molar refractivity (Wildman–Crippen MR) is 135 cm³/mol. The van der Waals surface area contributed by atoms with Crippen molar-refractivity contribution in [3.05, 3.63) is 45.9 Å². The minimum atomic E-state index is -4.16. The molecule has 0 saturated heterocycles. The van der Waals surface area contributed by atoms with Crippen LogP contribution in [0.25, 0.3) is 0 Å². The summed E-state index contributed by atoms with van der Waals surface area (Å²) in [6, 6.07) is 8.10. The molecule has 2 aromatic rings. The fourth-order valence-electron chi connectivity index (χ4n) is 3.68. The van der Waals surface area contributed by atoms with Crippen molar-refractivity contribution in [2.45, 2.75) is 26.8 Å². The maximum Gasteiger partial charge on any atom is 0.367 e. The number of phenolic OH excluding ortho intramolecular Hbond substituents is 1. The first-order valence-corrected chi connectivity index (χ1v) is 12.7. The SMILES string of the molecule is CNC(=O)c1c(Br)ccc(NC2=NS(=O)(=O)N=C2N[C@@H](c2ccc3c(c2)OCO3)C(C)(C)C)c1O. The molecule has 0 spiro atoms. The van der Waals surface area contributed by atoms with E-state index in [1.54, 1.807) is 12.1 Å². The van der Waals surface area contributed by atoms with Crippen LogP contribution < -0.4 is 25.4 Å².